The van der Waals surface area contributed by atoms with Gasteiger partial charge < -0.3 is 9.53 Å². The van der Waals surface area contributed by atoms with Crippen molar-refractivity contribution in [3.05, 3.63) is 104 Å². The Morgan fingerprint density at radius 1 is 0.944 bits per heavy atom. The standard InChI is InChI=1S/C32H38O3P/c1-23(2)25(5)21-27(22-26(19-20-33)24(3)4)35-32(34)30-17-12-18-31(30)36(28-13-8-6-9-14-28)29-15-10-7-11-16-29/h6-18,20,23-24,26-27H,5,19,21-22H2,1-4H3/t26-,27-/m1/s1. The molecule has 1 aliphatic carbocycles. The molecule has 2 aromatic rings. The van der Waals surface area contributed by atoms with Gasteiger partial charge in [-0.25, -0.2) is 0 Å². The van der Waals surface area contributed by atoms with Gasteiger partial charge in [-0.1, -0.05) is 101 Å². The zero-order chi connectivity index (χ0) is 26.1. The van der Waals surface area contributed by atoms with Crippen LogP contribution in [0.5, 0.6) is 0 Å². The Kier molecular flexibility index (Phi) is 10.9. The highest BCUT2D eigenvalue weighted by atomic mass is 31.1. The lowest BCUT2D eigenvalue weighted by Gasteiger charge is -2.30. The highest BCUT2D eigenvalue weighted by Crippen LogP contribution is 2.56. The zero-order valence-corrected chi connectivity index (χ0v) is 22.8. The summed E-state index contributed by atoms with van der Waals surface area (Å²) >= 11 is 0. The van der Waals surface area contributed by atoms with E-state index >= 15 is 0 Å². The van der Waals surface area contributed by atoms with Gasteiger partial charge in [-0.3, -0.25) is 4.79 Å². The van der Waals surface area contributed by atoms with Gasteiger partial charge in [-0.05, 0) is 62.0 Å². The summed E-state index contributed by atoms with van der Waals surface area (Å²) in [6.45, 7) is 12.7. The topological polar surface area (TPSA) is 43.4 Å². The molecule has 36 heavy (non-hydrogen) atoms. The predicted octanol–water partition coefficient (Wildman–Crippen LogP) is 6.62. The van der Waals surface area contributed by atoms with E-state index in [1.807, 2.05) is 55.7 Å². The number of aldehydes is 1. The summed E-state index contributed by atoms with van der Waals surface area (Å²) in [4.78, 5) is 25.0. The first-order valence-corrected chi connectivity index (χ1v) is 14.1. The lowest BCUT2D eigenvalue weighted by Crippen LogP contribution is -2.30. The van der Waals surface area contributed by atoms with Crippen LogP contribution < -0.4 is 10.6 Å². The molecule has 0 saturated heterocycles. The molecule has 1 fully saturated rings. The van der Waals surface area contributed by atoms with Crippen molar-refractivity contribution < 1.29 is 14.3 Å². The van der Waals surface area contributed by atoms with Gasteiger partial charge in [0, 0.05) is 18.5 Å². The van der Waals surface area contributed by atoms with Crippen LogP contribution in [0.15, 0.2) is 72.8 Å². The maximum Gasteiger partial charge on any atom is 0.314 e. The molecule has 0 aromatic heterocycles. The van der Waals surface area contributed by atoms with Crippen LogP contribution in [-0.2, 0) is 14.3 Å². The first-order valence-electron chi connectivity index (χ1n) is 12.8. The molecule has 1 saturated carbocycles. The summed E-state index contributed by atoms with van der Waals surface area (Å²) in [6.07, 6.45) is 8.24. The molecular formula is C32H38O3P. The van der Waals surface area contributed by atoms with E-state index < -0.39 is 7.92 Å². The number of carbonyl (C=O) groups excluding carboxylic acids is 2. The van der Waals surface area contributed by atoms with Crippen LogP contribution in [0.3, 0.4) is 0 Å². The Morgan fingerprint density at radius 3 is 2.03 bits per heavy atom. The van der Waals surface area contributed by atoms with Gasteiger partial charge >= 0.3 is 5.97 Å². The molecule has 0 amide bonds. The second-order valence-corrected chi connectivity index (χ2v) is 12.2. The summed E-state index contributed by atoms with van der Waals surface area (Å²) in [6, 6.07) is 20.7. The highest BCUT2D eigenvalue weighted by Gasteiger charge is 2.43. The largest absolute Gasteiger partial charge is 0.462 e. The molecule has 0 unspecified atom stereocenters. The number of benzene rings is 2. The molecule has 2 aromatic carbocycles. The Labute approximate surface area is 219 Å². The minimum atomic E-state index is -0.912. The summed E-state index contributed by atoms with van der Waals surface area (Å²) in [5, 5.41) is 2.38. The third-order valence-corrected chi connectivity index (χ3v) is 9.27. The van der Waals surface area contributed by atoms with Crippen molar-refractivity contribution in [3.8, 4) is 0 Å². The fraction of sp³-hybridized carbons (Fsp3) is 0.344. The van der Waals surface area contributed by atoms with Gasteiger partial charge in [0.2, 0.25) is 0 Å². The lowest BCUT2D eigenvalue weighted by atomic mass is 9.85. The summed E-state index contributed by atoms with van der Waals surface area (Å²) in [5.41, 5.74) is 2.06. The molecule has 0 bridgehead atoms. The number of hydrogen-bond acceptors (Lipinski definition) is 3. The minimum Gasteiger partial charge on any atom is -0.462 e. The Bertz CT molecular complexity index is 930. The van der Waals surface area contributed by atoms with Crippen LogP contribution in [0.2, 0.25) is 0 Å². The third-order valence-electron chi connectivity index (χ3n) is 6.77. The van der Waals surface area contributed by atoms with Crippen LogP contribution in [0.1, 0.15) is 47.0 Å². The molecule has 0 spiro atoms. The minimum absolute atomic E-state index is 0.158. The van der Waals surface area contributed by atoms with Crippen molar-refractivity contribution in [2.75, 3.05) is 0 Å². The van der Waals surface area contributed by atoms with E-state index in [2.05, 4.69) is 58.5 Å². The third kappa shape index (κ3) is 7.62. The molecule has 3 nitrogen and oxygen atoms in total. The number of ether oxygens (including phenoxy) is 1. The average Bonchev–Trinajstić information content (AvgIpc) is 3.34. The first kappa shape index (κ1) is 28.3. The van der Waals surface area contributed by atoms with Crippen LogP contribution in [0.25, 0.3) is 0 Å². The van der Waals surface area contributed by atoms with Gasteiger partial charge in [-0.2, -0.15) is 0 Å². The first-order chi connectivity index (χ1) is 17.3. The van der Waals surface area contributed by atoms with Crippen molar-refractivity contribution in [2.24, 2.45) is 17.8 Å². The smallest absolute Gasteiger partial charge is 0.314 e. The van der Waals surface area contributed by atoms with Crippen molar-refractivity contribution in [1.82, 2.24) is 0 Å². The number of rotatable bonds is 13. The van der Waals surface area contributed by atoms with Crippen molar-refractivity contribution in [3.63, 3.8) is 0 Å². The van der Waals surface area contributed by atoms with Crippen molar-refractivity contribution >= 4 is 30.8 Å². The SMILES string of the molecule is C=C(C[C@H](C[C@@H](CC=O)C(C)C)OC(=O)[C]1[CH][CH][CH][C]1P(c1ccccc1)c1ccccc1)C(C)C. The van der Waals surface area contributed by atoms with Crippen LogP contribution in [0.4, 0.5) is 0 Å². The second kappa shape index (κ2) is 13.9. The maximum absolute atomic E-state index is 13.7. The van der Waals surface area contributed by atoms with Crippen LogP contribution >= 0.6 is 7.92 Å². The predicted molar refractivity (Wildman–Crippen MR) is 151 cm³/mol. The van der Waals surface area contributed by atoms with Gasteiger partial charge in [0.15, 0.2) is 0 Å². The van der Waals surface area contributed by atoms with E-state index in [-0.39, 0.29) is 18.0 Å². The van der Waals surface area contributed by atoms with E-state index in [0.717, 1.165) is 17.5 Å². The number of carbonyl (C=O) groups is 2. The van der Waals surface area contributed by atoms with E-state index in [1.54, 1.807) is 0 Å². The van der Waals surface area contributed by atoms with E-state index in [4.69, 9.17) is 4.74 Å². The van der Waals surface area contributed by atoms with Crippen LogP contribution in [0, 0.1) is 48.6 Å². The molecule has 0 aliphatic heterocycles. The van der Waals surface area contributed by atoms with Crippen molar-refractivity contribution in [2.45, 2.75) is 53.1 Å². The molecule has 2 atom stereocenters. The fourth-order valence-corrected chi connectivity index (χ4v) is 6.81. The molecule has 0 heterocycles. The van der Waals surface area contributed by atoms with Gasteiger partial charge in [0.1, 0.15) is 18.3 Å². The average molecular weight is 502 g/mol. The molecule has 5 radical (unpaired) electrons. The summed E-state index contributed by atoms with van der Waals surface area (Å²) < 4.78 is 6.20. The summed E-state index contributed by atoms with van der Waals surface area (Å²) in [7, 11) is -0.912. The second-order valence-electron chi connectivity index (χ2n) is 10.0. The Morgan fingerprint density at radius 2 is 1.53 bits per heavy atom. The molecule has 0 N–H and O–H groups in total. The Hall–Kier alpha value is -2.25. The zero-order valence-electron chi connectivity index (χ0n) is 21.9. The van der Waals surface area contributed by atoms with Gasteiger partial charge in [-0.15, -0.1) is 0 Å². The van der Waals surface area contributed by atoms with E-state index in [9.17, 15) is 9.59 Å². The fourth-order valence-electron chi connectivity index (χ4n) is 4.38. The highest BCUT2D eigenvalue weighted by molar-refractivity contribution is 7.76. The molecule has 4 heteroatoms. The summed E-state index contributed by atoms with van der Waals surface area (Å²) in [5.74, 6) is 1.09. The normalized spacial score (nSPS) is 16.4. The molecule has 189 valence electrons. The quantitative estimate of drug-likeness (QED) is 0.134. The number of hydrogen-bond donors (Lipinski definition) is 0. The molecule has 1 aliphatic rings. The number of esters is 1. The maximum atomic E-state index is 13.7. The Balaban J connectivity index is 1.84. The molecule has 3 rings (SSSR count). The van der Waals surface area contributed by atoms with E-state index in [0.29, 0.717) is 37.0 Å². The van der Waals surface area contributed by atoms with Gasteiger partial charge in [0.05, 0.1) is 0 Å². The van der Waals surface area contributed by atoms with E-state index in [1.165, 1.54) is 10.6 Å². The lowest BCUT2D eigenvalue weighted by molar-refractivity contribution is -0.146. The molecular weight excluding hydrogens is 463 g/mol. The van der Waals surface area contributed by atoms with Gasteiger partial charge in [0.25, 0.3) is 0 Å². The monoisotopic (exact) mass is 501 g/mol. The van der Waals surface area contributed by atoms with Crippen molar-refractivity contribution in [1.29, 1.82) is 0 Å². The van der Waals surface area contributed by atoms with Crippen LogP contribution in [-0.4, -0.2) is 18.4 Å².